The third kappa shape index (κ3) is 4.60. The van der Waals surface area contributed by atoms with E-state index in [1.54, 1.807) is 6.20 Å². The van der Waals surface area contributed by atoms with Gasteiger partial charge in [0, 0.05) is 74.4 Å². The van der Waals surface area contributed by atoms with E-state index in [1.807, 2.05) is 29.2 Å². The zero-order valence-electron chi connectivity index (χ0n) is 20.2. The highest BCUT2D eigenvalue weighted by Gasteiger charge is 2.21. The highest BCUT2D eigenvalue weighted by Crippen LogP contribution is 2.31. The molecule has 7 nitrogen and oxygen atoms in total. The lowest BCUT2D eigenvalue weighted by molar-refractivity contribution is 0.185. The van der Waals surface area contributed by atoms with E-state index in [0.29, 0.717) is 35.0 Å². The molecule has 1 aliphatic heterocycles. The van der Waals surface area contributed by atoms with Crippen molar-refractivity contribution >= 4 is 11.0 Å². The fourth-order valence-electron chi connectivity index (χ4n) is 5.25. The van der Waals surface area contributed by atoms with Crippen LogP contribution in [-0.4, -0.2) is 55.8 Å². The molecule has 2 N–H and O–H groups in total. The Morgan fingerprint density at radius 3 is 2.83 bits per heavy atom. The van der Waals surface area contributed by atoms with E-state index in [1.165, 1.54) is 24.8 Å². The van der Waals surface area contributed by atoms with Gasteiger partial charge in [-0.3, -0.25) is 14.6 Å². The quantitative estimate of drug-likeness (QED) is 0.418. The van der Waals surface area contributed by atoms with Crippen LogP contribution in [-0.2, 0) is 13.0 Å². The van der Waals surface area contributed by atoms with Crippen molar-refractivity contribution in [2.75, 3.05) is 26.2 Å². The molecule has 1 atom stereocenters. The van der Waals surface area contributed by atoms with Gasteiger partial charge in [0.25, 0.3) is 0 Å². The van der Waals surface area contributed by atoms with Crippen molar-refractivity contribution in [2.24, 2.45) is 5.92 Å². The summed E-state index contributed by atoms with van der Waals surface area (Å²) in [5.74, 6) is 1.12. The van der Waals surface area contributed by atoms with Gasteiger partial charge in [-0.15, -0.1) is 0 Å². The largest absolute Gasteiger partial charge is 0.342 e. The summed E-state index contributed by atoms with van der Waals surface area (Å²) in [4.78, 5) is 15.0. The number of rotatable bonds is 7. The van der Waals surface area contributed by atoms with Crippen molar-refractivity contribution in [1.82, 2.24) is 34.9 Å². The molecule has 2 aliphatic rings. The highest BCUT2D eigenvalue weighted by molar-refractivity contribution is 5.82. The zero-order chi connectivity index (χ0) is 23.8. The normalized spacial score (nSPS) is 18.1. The molecule has 0 bridgehead atoms. The van der Waals surface area contributed by atoms with Crippen LogP contribution in [0.25, 0.3) is 22.2 Å². The molecular weight excluding hydrogens is 441 g/mol. The number of H-pyrrole nitrogens is 1. The van der Waals surface area contributed by atoms with Crippen LogP contribution in [0, 0.1) is 11.7 Å². The highest BCUT2D eigenvalue weighted by atomic mass is 19.1. The Bertz CT molecular complexity index is 1320. The summed E-state index contributed by atoms with van der Waals surface area (Å²) < 4.78 is 17.4. The van der Waals surface area contributed by atoms with Gasteiger partial charge in [-0.1, -0.05) is 6.42 Å². The summed E-state index contributed by atoms with van der Waals surface area (Å²) in [6.07, 6.45) is 9.93. The fraction of sp³-hybridized carbons (Fsp3) is 0.444. The summed E-state index contributed by atoms with van der Waals surface area (Å²) in [6, 6.07) is 8.30. The van der Waals surface area contributed by atoms with Gasteiger partial charge in [0.1, 0.15) is 11.3 Å². The third-order valence-corrected chi connectivity index (χ3v) is 7.63. The third-order valence-electron chi connectivity index (χ3n) is 7.63. The van der Waals surface area contributed by atoms with Crippen LogP contribution in [0.1, 0.15) is 49.3 Å². The molecule has 1 unspecified atom stereocenters. The van der Waals surface area contributed by atoms with Gasteiger partial charge < -0.3 is 10.3 Å². The lowest BCUT2D eigenvalue weighted by Gasteiger charge is -2.33. The van der Waals surface area contributed by atoms with Crippen molar-refractivity contribution < 1.29 is 4.39 Å². The lowest BCUT2D eigenvalue weighted by atomic mass is 9.85. The molecule has 182 valence electrons. The van der Waals surface area contributed by atoms with Gasteiger partial charge in [0.2, 0.25) is 0 Å². The molecule has 8 heteroatoms. The van der Waals surface area contributed by atoms with E-state index in [4.69, 9.17) is 0 Å². The number of piperazine rings is 1. The minimum atomic E-state index is -0.303. The van der Waals surface area contributed by atoms with Gasteiger partial charge in [-0.05, 0) is 55.5 Å². The average Bonchev–Trinajstić information content (AvgIpc) is 3.49. The van der Waals surface area contributed by atoms with Crippen LogP contribution in [0.2, 0.25) is 0 Å². The van der Waals surface area contributed by atoms with E-state index in [0.717, 1.165) is 49.8 Å². The number of halogens is 1. The van der Waals surface area contributed by atoms with Crippen molar-refractivity contribution in [3.8, 4) is 11.1 Å². The second-order valence-electron chi connectivity index (χ2n) is 9.97. The minimum Gasteiger partial charge on any atom is -0.342 e. The summed E-state index contributed by atoms with van der Waals surface area (Å²) in [5, 5.41) is 7.87. The lowest BCUT2D eigenvalue weighted by Crippen LogP contribution is -2.44. The number of nitrogens with one attached hydrogen (secondary N) is 2. The van der Waals surface area contributed by atoms with Crippen LogP contribution in [0.4, 0.5) is 4.39 Å². The number of aromatic amines is 1. The maximum absolute atomic E-state index is 15.5. The van der Waals surface area contributed by atoms with E-state index in [-0.39, 0.29) is 5.82 Å². The molecule has 4 heterocycles. The minimum absolute atomic E-state index is 0.303. The van der Waals surface area contributed by atoms with Gasteiger partial charge in [-0.25, -0.2) is 9.37 Å². The van der Waals surface area contributed by atoms with Crippen molar-refractivity contribution in [1.29, 1.82) is 0 Å². The molecular formula is C27H32FN7. The first-order chi connectivity index (χ1) is 17.1. The summed E-state index contributed by atoms with van der Waals surface area (Å²) in [7, 11) is 0. The molecule has 1 saturated carbocycles. The standard InChI is InChI=1S/C27H32FN7/c1-18(34-11-9-29-10-12-34)20-7-8-30-22(13-20)14-25-32-24-6-5-23(26(28)27(24)33-25)21-15-31-35(17-21)16-19-3-2-4-19/h5-8,13,15,17-19,29H,2-4,9-12,14,16H2,1H3,(H,32,33). The van der Waals surface area contributed by atoms with Gasteiger partial charge in [0.05, 0.1) is 11.7 Å². The SMILES string of the molecule is CC(c1ccnc(Cc2nc3c(F)c(-c4cnn(CC5CCC5)c4)ccc3[nH]2)c1)N1CCNCC1. The number of benzene rings is 1. The van der Waals surface area contributed by atoms with E-state index in [2.05, 4.69) is 49.3 Å². The summed E-state index contributed by atoms with van der Waals surface area (Å²) >= 11 is 0. The van der Waals surface area contributed by atoms with Crippen LogP contribution < -0.4 is 5.32 Å². The maximum Gasteiger partial charge on any atom is 0.158 e. The smallest absolute Gasteiger partial charge is 0.158 e. The van der Waals surface area contributed by atoms with Crippen LogP contribution in [0.15, 0.2) is 42.9 Å². The summed E-state index contributed by atoms with van der Waals surface area (Å²) in [5.41, 5.74) is 4.59. The zero-order valence-corrected chi connectivity index (χ0v) is 20.2. The van der Waals surface area contributed by atoms with Gasteiger partial charge >= 0.3 is 0 Å². The Balaban J connectivity index is 1.21. The number of hydrogen-bond acceptors (Lipinski definition) is 5. The number of nitrogens with zero attached hydrogens (tertiary/aromatic N) is 5. The Labute approximate surface area is 204 Å². The molecule has 0 amide bonds. The molecule has 35 heavy (non-hydrogen) atoms. The topological polar surface area (TPSA) is 74.7 Å². The first-order valence-corrected chi connectivity index (χ1v) is 12.7. The second kappa shape index (κ2) is 9.51. The fourth-order valence-corrected chi connectivity index (χ4v) is 5.25. The van der Waals surface area contributed by atoms with E-state index in [9.17, 15) is 0 Å². The molecule has 1 aromatic carbocycles. The molecule has 0 radical (unpaired) electrons. The van der Waals surface area contributed by atoms with E-state index >= 15 is 4.39 Å². The average molecular weight is 474 g/mol. The number of pyridine rings is 1. The van der Waals surface area contributed by atoms with Crippen LogP contribution in [0.5, 0.6) is 0 Å². The molecule has 6 rings (SSSR count). The molecule has 0 spiro atoms. The van der Waals surface area contributed by atoms with Gasteiger partial charge in [-0.2, -0.15) is 5.10 Å². The second-order valence-corrected chi connectivity index (χ2v) is 9.97. The maximum atomic E-state index is 15.5. The van der Waals surface area contributed by atoms with Crippen LogP contribution >= 0.6 is 0 Å². The number of imidazole rings is 1. The van der Waals surface area contributed by atoms with Crippen LogP contribution in [0.3, 0.4) is 0 Å². The Morgan fingerprint density at radius 1 is 1.17 bits per heavy atom. The summed E-state index contributed by atoms with van der Waals surface area (Å²) in [6.45, 7) is 7.30. The number of fused-ring (bicyclic) bond motifs is 1. The van der Waals surface area contributed by atoms with Gasteiger partial charge in [0.15, 0.2) is 5.82 Å². The number of aromatic nitrogens is 5. The van der Waals surface area contributed by atoms with Crippen molar-refractivity contribution in [2.45, 2.75) is 45.2 Å². The Morgan fingerprint density at radius 2 is 2.03 bits per heavy atom. The molecule has 1 aliphatic carbocycles. The first kappa shape index (κ1) is 22.4. The predicted octanol–water partition coefficient (Wildman–Crippen LogP) is 4.32. The van der Waals surface area contributed by atoms with E-state index < -0.39 is 0 Å². The molecule has 1 saturated heterocycles. The monoisotopic (exact) mass is 473 g/mol. The van der Waals surface area contributed by atoms with Crippen molar-refractivity contribution in [3.63, 3.8) is 0 Å². The number of hydrogen-bond donors (Lipinski definition) is 2. The molecule has 2 fully saturated rings. The first-order valence-electron chi connectivity index (χ1n) is 12.7. The van der Waals surface area contributed by atoms with Crippen molar-refractivity contribution in [3.05, 3.63) is 65.8 Å². The molecule has 3 aromatic heterocycles. The predicted molar refractivity (Wildman–Crippen MR) is 135 cm³/mol. The Hall–Kier alpha value is -3.10. The Kier molecular flexibility index (Phi) is 6.08. The molecule has 4 aromatic rings.